The number of rotatable bonds is 17. The SMILES string of the molecule is C=CC(N)=O.CC(=O)O.CC(=O)O.Fc1cc(F)cc(CNc2ccc3c(c2)c(I)nn3C2CCCCO2)c1.NC(=O)/C=C/c1nn(C2CCCCO2)c2ccc(NCc3cc(F)cc(F)c3)cc12.Nc1ccc2c(c1)c(I)nn2C1CCCCO1.O=Cc1cc(F)cc(F)c1.O=[N+]([O-])c1ccc2c(c1)C(I)=NC2.O=[N+]([O-])c1ccc2c(c1)C(I)=NC2.O=[N+]([O-])c1ccc2c(c1)c(I)nn2C1CCCCO1.[Pd]. The number of hydrogen-bond acceptors (Lipinski definition) is 24. The number of carbonyl (C=O) groups excluding carboxylic acids is 3. The number of non-ortho nitro benzene ring substituents is 3. The number of anilines is 3. The fraction of sp³-hybridized carbons (Fsp3) is 0.274. The van der Waals surface area contributed by atoms with Crippen molar-refractivity contribution < 1.29 is 115 Å². The standard InChI is InChI=1S/C22H22F2N4O2.C19H18F2IN3O.C12H12IN3O3.C12H14IN3O.2C8H5IN2O2.C7H4F2O.C3H5NO.2C2H4O2.Pd/c23-15-9-14(10-16(24)11-15)13-26-17-4-6-20-18(12-17)19(5-7-21(25)29)27-28(20)22-3-1-2-8-30-22;20-13-7-12(8-14(21)9-13)11-23-15-4-5-17-16(10-15)19(22)24-25(17)18-3-1-2-6-26-18;13-12-9-7-8(16(17)18)4-5-10(9)15(14-12)11-3-1-2-6-19-11;13-12-9-7-8(14)4-5-10(9)16(15-12)11-3-1-2-6-17-11;2*9-8-7-3-6(11(12)13)2-1-5(7)4-10-8;8-6-1-5(4-10)2-7(9)3-6;1-2-3(4)5;2*1-2(3)4;/h4-7,9-12,22,26H,1-3,8,13H2,(H2,25,29);4-5,7-10,18,23H,1-3,6,11H2;4-5,7,11H,1-3,6H2;4-5,7,11H,1-3,6,14H2;2*1-3H,4H2;1-4H;2H,1H2,(H2,4,5);2*1H3,(H,3,4);/b7-5+;;;;;;;;;;. The molecule has 10 heterocycles. The monoisotopic (exact) mass is 2610 g/mol. The Balaban J connectivity index is 0.000000185. The third-order valence-electron chi connectivity index (χ3n) is 20.9. The van der Waals surface area contributed by atoms with E-state index in [0.717, 1.165) is 236 Å². The molecule has 0 bridgehead atoms. The number of aldehydes is 1. The van der Waals surface area contributed by atoms with E-state index in [1.807, 2.05) is 73.3 Å². The molecule has 4 aromatic heterocycles. The van der Waals surface area contributed by atoms with Gasteiger partial charge in [0.2, 0.25) is 11.8 Å². The average molecular weight is 2610 g/mol. The smallest absolute Gasteiger partial charge is 0.300 e. The Morgan fingerprint density at radius 3 is 1.12 bits per heavy atom. The number of benzene rings is 9. The number of hydrogen-bond donors (Lipinski definition) is 7. The second-order valence-electron chi connectivity index (χ2n) is 31.4. The van der Waals surface area contributed by atoms with Crippen molar-refractivity contribution in [2.45, 2.75) is 142 Å². The van der Waals surface area contributed by atoms with Gasteiger partial charge in [-0.1, -0.05) is 6.58 Å². The summed E-state index contributed by atoms with van der Waals surface area (Å²) in [6, 6.07) is 41.7. The van der Waals surface area contributed by atoms with Crippen LogP contribution in [0.25, 0.3) is 49.7 Å². The molecule has 0 aliphatic carbocycles. The molecule has 752 valence electrons. The molecule has 4 atom stereocenters. The van der Waals surface area contributed by atoms with Gasteiger partial charge in [0.1, 0.15) is 59.7 Å². The average Bonchev–Trinajstić information content (AvgIpc) is 1.62. The van der Waals surface area contributed by atoms with Crippen LogP contribution in [-0.2, 0) is 84.7 Å². The Bertz CT molecular complexity index is 6650. The van der Waals surface area contributed by atoms with Crippen LogP contribution in [0.15, 0.2) is 193 Å². The van der Waals surface area contributed by atoms with Crippen LogP contribution in [0.2, 0.25) is 0 Å². The zero-order chi connectivity index (χ0) is 102. The van der Waals surface area contributed by atoms with E-state index in [1.165, 1.54) is 55.0 Å². The van der Waals surface area contributed by atoms with Crippen molar-refractivity contribution in [3.8, 4) is 0 Å². The Labute approximate surface area is 889 Å². The van der Waals surface area contributed by atoms with Gasteiger partial charge < -0.3 is 57.0 Å². The summed E-state index contributed by atoms with van der Waals surface area (Å²) in [5, 5.41) is 75.1. The van der Waals surface area contributed by atoms with Crippen molar-refractivity contribution in [2.24, 2.45) is 21.5 Å². The fourth-order valence-corrected chi connectivity index (χ4v) is 18.0. The van der Waals surface area contributed by atoms with Gasteiger partial charge in [0.25, 0.3) is 29.0 Å². The van der Waals surface area contributed by atoms with E-state index in [0.29, 0.717) is 55.4 Å². The van der Waals surface area contributed by atoms with Gasteiger partial charge in [-0.3, -0.25) is 64.3 Å². The number of nitro groups is 3. The van der Waals surface area contributed by atoms with Gasteiger partial charge in [0.05, 0.1) is 55.6 Å². The summed E-state index contributed by atoms with van der Waals surface area (Å²) in [5.41, 5.74) is 27.8. The van der Waals surface area contributed by atoms with Crippen molar-refractivity contribution in [3.05, 3.63) is 304 Å². The van der Waals surface area contributed by atoms with E-state index >= 15 is 0 Å². The number of halogens is 11. The van der Waals surface area contributed by atoms with Gasteiger partial charge in [0.15, 0.2) is 24.9 Å². The van der Waals surface area contributed by atoms with E-state index in [4.69, 9.17) is 50.2 Å². The first-order valence-corrected chi connectivity index (χ1v) is 48.7. The molecule has 10 N–H and O–H groups in total. The summed E-state index contributed by atoms with van der Waals surface area (Å²) in [6.07, 6.45) is 16.8. The molecule has 142 heavy (non-hydrogen) atoms. The Morgan fingerprint density at radius 2 is 0.775 bits per heavy atom. The normalized spacial score (nSPS) is 15.7. The zero-order valence-corrected chi connectivity index (χ0v) is 87.9. The molecule has 0 saturated carbocycles. The predicted octanol–water partition coefficient (Wildman–Crippen LogP) is 21.7. The van der Waals surface area contributed by atoms with E-state index in [9.17, 15) is 71.1 Å². The van der Waals surface area contributed by atoms with Gasteiger partial charge >= 0.3 is 0 Å². The Morgan fingerprint density at radius 1 is 0.458 bits per heavy atom. The van der Waals surface area contributed by atoms with Crippen molar-refractivity contribution in [1.82, 2.24) is 39.1 Å². The summed E-state index contributed by atoms with van der Waals surface area (Å²) < 4.78 is 113. The Kier molecular flexibility index (Phi) is 45.0. The number of fused-ring (bicyclic) bond motifs is 6. The molecule has 19 rings (SSSR count). The molecule has 2 amide bonds. The van der Waals surface area contributed by atoms with Gasteiger partial charge in [0, 0.05) is 190 Å². The van der Waals surface area contributed by atoms with Crippen LogP contribution < -0.4 is 27.8 Å². The van der Waals surface area contributed by atoms with Crippen LogP contribution in [-0.4, -0.2) is 128 Å². The van der Waals surface area contributed by atoms with Crippen LogP contribution in [0.3, 0.4) is 0 Å². The van der Waals surface area contributed by atoms with Gasteiger partial charge in [-0.05, 0) is 334 Å². The number of nitrogens with two attached hydrogens (primary N) is 3. The molecule has 6 aliphatic heterocycles. The summed E-state index contributed by atoms with van der Waals surface area (Å²) in [5.74, 6) is -6.55. The maximum Gasteiger partial charge on any atom is 0.300 e. The van der Waals surface area contributed by atoms with Crippen LogP contribution in [0.4, 0.5) is 60.5 Å². The number of nitrogen functional groups attached to an aromatic ring is 1. The molecule has 13 aromatic rings. The second kappa shape index (κ2) is 56.0. The van der Waals surface area contributed by atoms with E-state index in [1.54, 1.807) is 42.5 Å². The molecule has 4 saturated heterocycles. The number of carboxylic acids is 2. The van der Waals surface area contributed by atoms with E-state index < -0.39 is 58.7 Å². The number of aromatic nitrogens is 8. The van der Waals surface area contributed by atoms with Gasteiger partial charge in [-0.15, -0.1) is 0 Å². The number of aliphatic imine (C=N–C) groups is 2. The summed E-state index contributed by atoms with van der Waals surface area (Å²) in [7, 11) is 0. The van der Waals surface area contributed by atoms with E-state index in [2.05, 4.69) is 166 Å². The number of nitrogens with one attached hydrogen (secondary N) is 2. The van der Waals surface area contributed by atoms with Gasteiger partial charge in [-0.2, -0.15) is 20.4 Å². The first-order chi connectivity index (χ1) is 67.3. The number of aliphatic carboxylic acids is 2. The predicted molar refractivity (Wildman–Crippen MR) is 562 cm³/mol. The molecule has 6 aliphatic rings. The van der Waals surface area contributed by atoms with Crippen LogP contribution in [0.5, 0.6) is 0 Å². The minimum Gasteiger partial charge on any atom is -0.481 e. The molecule has 0 radical (unpaired) electrons. The van der Waals surface area contributed by atoms with Gasteiger partial charge in [-0.25, -0.2) is 45.1 Å². The summed E-state index contributed by atoms with van der Waals surface area (Å²) >= 11 is 10.8. The molecular formula is C95H93F6I5N18O17Pd. The number of nitrogens with zero attached hydrogens (tertiary/aromatic N) is 13. The Hall–Kier alpha value is -11.4. The van der Waals surface area contributed by atoms with E-state index in [-0.39, 0.29) is 89.3 Å². The zero-order valence-electron chi connectivity index (χ0n) is 75.6. The minimum absolute atomic E-state index is 0. The number of carboxylic acid groups (broad SMARTS) is 2. The third kappa shape index (κ3) is 34.1. The third-order valence-corrected chi connectivity index (χ3v) is 25.2. The molecule has 9 aromatic carbocycles. The summed E-state index contributed by atoms with van der Waals surface area (Å²) in [6.45, 7) is 10.2. The van der Waals surface area contributed by atoms with Crippen molar-refractivity contribution >= 4 is 234 Å². The molecule has 4 fully saturated rings. The van der Waals surface area contributed by atoms with Crippen molar-refractivity contribution in [2.75, 3.05) is 42.8 Å². The van der Waals surface area contributed by atoms with Crippen molar-refractivity contribution in [1.29, 1.82) is 0 Å². The van der Waals surface area contributed by atoms with Crippen LogP contribution in [0.1, 0.15) is 165 Å². The first-order valence-electron chi connectivity index (χ1n) is 43.3. The number of nitro benzene ring substituents is 3. The fourth-order valence-electron chi connectivity index (χ4n) is 14.6. The molecule has 0 spiro atoms. The molecule has 47 heteroatoms. The number of carbonyl (C=O) groups is 5. The molecular weight excluding hydrogens is 2520 g/mol. The second-order valence-corrected chi connectivity index (χ2v) is 36.5. The number of primary amides is 2. The first kappa shape index (κ1) is 114. The molecule has 4 unspecified atom stereocenters. The summed E-state index contributed by atoms with van der Waals surface area (Å²) in [4.78, 5) is 87.6. The van der Waals surface area contributed by atoms with Crippen LogP contribution in [0, 0.1) is 76.3 Å². The quantitative estimate of drug-likeness (QED) is 0.00650. The topological polar surface area (TPSA) is 490 Å². The minimum atomic E-state index is -0.833. The maximum absolute atomic E-state index is 13.4. The number of ether oxygens (including phenoxy) is 4. The number of amides is 2. The molecule has 35 nitrogen and oxygen atoms in total. The van der Waals surface area contributed by atoms with Crippen LogP contribution >= 0.6 is 113 Å². The van der Waals surface area contributed by atoms with Crippen molar-refractivity contribution in [3.63, 3.8) is 0 Å². The largest absolute Gasteiger partial charge is 0.481 e. The maximum atomic E-state index is 13.4.